The standard InChI is InChI=1S/C31H41N3O5/c1-9-23-13-15-24(16-14-23)27(28(36)33-26-21(4)11-10-12-22(26)5)34(17-18-35)29(37)25(19-20(2)3)32-30(38)39-31(6,7)8/h1,10-16,20,25,27,35H,17-19H2,2-8H3,(H,32,38)(H,33,36). The zero-order valence-electron chi connectivity index (χ0n) is 24.0. The monoisotopic (exact) mass is 535 g/mol. The number of anilines is 1. The third kappa shape index (κ3) is 9.15. The maximum Gasteiger partial charge on any atom is 0.408 e. The third-order valence-corrected chi connectivity index (χ3v) is 6.00. The van der Waals surface area contributed by atoms with Crippen LogP contribution in [-0.4, -0.2) is 52.7 Å². The van der Waals surface area contributed by atoms with Crippen molar-refractivity contribution in [2.45, 2.75) is 72.6 Å². The zero-order valence-corrected chi connectivity index (χ0v) is 24.0. The number of para-hydroxylation sites is 1. The van der Waals surface area contributed by atoms with Gasteiger partial charge in [0.15, 0.2) is 0 Å². The summed E-state index contributed by atoms with van der Waals surface area (Å²) in [6.07, 6.45) is 5.10. The largest absolute Gasteiger partial charge is 0.444 e. The maximum atomic E-state index is 14.0. The average molecular weight is 536 g/mol. The van der Waals surface area contributed by atoms with E-state index >= 15 is 0 Å². The van der Waals surface area contributed by atoms with Crippen LogP contribution in [0, 0.1) is 32.1 Å². The van der Waals surface area contributed by atoms with Gasteiger partial charge in [0.25, 0.3) is 5.91 Å². The van der Waals surface area contributed by atoms with E-state index < -0.39 is 35.6 Å². The van der Waals surface area contributed by atoms with E-state index in [1.807, 2.05) is 45.9 Å². The molecule has 0 heterocycles. The Morgan fingerprint density at radius 2 is 1.64 bits per heavy atom. The summed E-state index contributed by atoms with van der Waals surface area (Å²) in [5, 5.41) is 15.6. The number of hydrogen-bond acceptors (Lipinski definition) is 5. The Morgan fingerprint density at radius 3 is 2.13 bits per heavy atom. The van der Waals surface area contributed by atoms with E-state index in [9.17, 15) is 19.5 Å². The highest BCUT2D eigenvalue weighted by Crippen LogP contribution is 2.27. The molecule has 0 aliphatic carbocycles. The molecule has 0 saturated carbocycles. The summed E-state index contributed by atoms with van der Waals surface area (Å²) in [5.74, 6) is 1.63. The number of aryl methyl sites for hydroxylation is 2. The number of terminal acetylenes is 1. The van der Waals surface area contributed by atoms with Crippen molar-refractivity contribution in [3.8, 4) is 12.3 Å². The fourth-order valence-electron chi connectivity index (χ4n) is 4.25. The van der Waals surface area contributed by atoms with Crippen LogP contribution in [-0.2, 0) is 14.3 Å². The molecule has 0 fully saturated rings. The van der Waals surface area contributed by atoms with Gasteiger partial charge in [-0.3, -0.25) is 9.59 Å². The summed E-state index contributed by atoms with van der Waals surface area (Å²) in [6, 6.07) is 10.4. The maximum absolute atomic E-state index is 14.0. The number of carbonyl (C=O) groups is 3. The van der Waals surface area contributed by atoms with Gasteiger partial charge in [-0.1, -0.05) is 50.1 Å². The first-order valence-electron chi connectivity index (χ1n) is 13.1. The van der Waals surface area contributed by atoms with Gasteiger partial charge in [0.05, 0.1) is 6.61 Å². The van der Waals surface area contributed by atoms with E-state index in [1.54, 1.807) is 45.0 Å². The molecule has 2 aromatic carbocycles. The van der Waals surface area contributed by atoms with Crippen LogP contribution < -0.4 is 10.6 Å². The summed E-state index contributed by atoms with van der Waals surface area (Å²) >= 11 is 0. The first-order chi connectivity index (χ1) is 18.3. The molecule has 8 heteroatoms. The second-order valence-corrected chi connectivity index (χ2v) is 11.0. The number of nitrogens with one attached hydrogen (secondary N) is 2. The molecule has 2 atom stereocenters. The molecule has 8 nitrogen and oxygen atoms in total. The Kier molecular flexibility index (Phi) is 11.1. The second-order valence-electron chi connectivity index (χ2n) is 11.0. The fourth-order valence-corrected chi connectivity index (χ4v) is 4.25. The Hall–Kier alpha value is -3.83. The fraction of sp³-hybridized carbons (Fsp3) is 0.452. The lowest BCUT2D eigenvalue weighted by Crippen LogP contribution is -2.53. The molecule has 2 rings (SSSR count). The SMILES string of the molecule is C#Cc1ccc(C(C(=O)Nc2c(C)cccc2C)N(CCO)C(=O)C(CC(C)C)NC(=O)OC(C)(C)C)cc1. The molecule has 0 aliphatic rings. The highest BCUT2D eigenvalue weighted by Gasteiger charge is 2.36. The minimum absolute atomic E-state index is 0.0432. The molecule has 0 aromatic heterocycles. The summed E-state index contributed by atoms with van der Waals surface area (Å²) in [7, 11) is 0. The Bertz CT molecular complexity index is 1170. The number of carbonyl (C=O) groups excluding carboxylic acids is 3. The van der Waals surface area contributed by atoms with Gasteiger partial charge >= 0.3 is 6.09 Å². The van der Waals surface area contributed by atoms with Crippen molar-refractivity contribution in [2.24, 2.45) is 5.92 Å². The second kappa shape index (κ2) is 13.8. The van der Waals surface area contributed by atoms with Crippen LogP contribution in [0.4, 0.5) is 10.5 Å². The molecule has 2 unspecified atom stereocenters. The number of amides is 3. The highest BCUT2D eigenvalue weighted by molar-refractivity contribution is 6.00. The predicted octanol–water partition coefficient (Wildman–Crippen LogP) is 4.72. The minimum Gasteiger partial charge on any atom is -0.444 e. The van der Waals surface area contributed by atoms with Crippen LogP contribution in [0.3, 0.4) is 0 Å². The number of aliphatic hydroxyl groups excluding tert-OH is 1. The van der Waals surface area contributed by atoms with Gasteiger partial charge in [0.1, 0.15) is 17.7 Å². The summed E-state index contributed by atoms with van der Waals surface area (Å²) < 4.78 is 5.39. The lowest BCUT2D eigenvalue weighted by Gasteiger charge is -2.34. The van der Waals surface area contributed by atoms with E-state index in [4.69, 9.17) is 11.2 Å². The molecule has 39 heavy (non-hydrogen) atoms. The number of rotatable bonds is 10. The van der Waals surface area contributed by atoms with Crippen LogP contribution in [0.2, 0.25) is 0 Å². The smallest absolute Gasteiger partial charge is 0.408 e. The number of alkyl carbamates (subject to hydrolysis) is 1. The van der Waals surface area contributed by atoms with Crippen molar-refractivity contribution in [1.29, 1.82) is 0 Å². The van der Waals surface area contributed by atoms with Crippen molar-refractivity contribution in [3.05, 3.63) is 64.7 Å². The first kappa shape index (κ1) is 31.4. The van der Waals surface area contributed by atoms with Crippen molar-refractivity contribution >= 4 is 23.6 Å². The van der Waals surface area contributed by atoms with Crippen LogP contribution in [0.5, 0.6) is 0 Å². The topological polar surface area (TPSA) is 108 Å². The highest BCUT2D eigenvalue weighted by atomic mass is 16.6. The molecular formula is C31H41N3O5. The van der Waals surface area contributed by atoms with E-state index in [1.165, 1.54) is 4.90 Å². The van der Waals surface area contributed by atoms with E-state index in [0.29, 0.717) is 23.2 Å². The van der Waals surface area contributed by atoms with Crippen LogP contribution >= 0.6 is 0 Å². The minimum atomic E-state index is -1.11. The van der Waals surface area contributed by atoms with Gasteiger partial charge < -0.3 is 25.4 Å². The molecule has 0 saturated heterocycles. The Morgan fingerprint density at radius 1 is 1.05 bits per heavy atom. The summed E-state index contributed by atoms with van der Waals surface area (Å²) in [4.78, 5) is 41.9. The van der Waals surface area contributed by atoms with E-state index in [2.05, 4.69) is 16.6 Å². The lowest BCUT2D eigenvalue weighted by atomic mass is 9.98. The molecule has 0 radical (unpaired) electrons. The Balaban J connectivity index is 2.56. The summed E-state index contributed by atoms with van der Waals surface area (Å²) in [5.41, 5.74) is 2.77. The molecule has 0 aliphatic heterocycles. The van der Waals surface area contributed by atoms with E-state index in [0.717, 1.165) is 11.1 Å². The van der Waals surface area contributed by atoms with Gasteiger partial charge in [-0.05, 0) is 75.8 Å². The van der Waals surface area contributed by atoms with Crippen LogP contribution in [0.25, 0.3) is 0 Å². The van der Waals surface area contributed by atoms with Crippen molar-refractivity contribution in [2.75, 3.05) is 18.5 Å². The Labute approximate surface area is 232 Å². The molecule has 210 valence electrons. The number of hydrogen-bond donors (Lipinski definition) is 3. The van der Waals surface area contributed by atoms with Crippen molar-refractivity contribution in [1.82, 2.24) is 10.2 Å². The quantitative estimate of drug-likeness (QED) is 0.382. The van der Waals surface area contributed by atoms with Gasteiger partial charge in [-0.15, -0.1) is 6.42 Å². The normalized spacial score (nSPS) is 12.7. The van der Waals surface area contributed by atoms with Crippen LogP contribution in [0.15, 0.2) is 42.5 Å². The predicted molar refractivity (Wildman–Crippen MR) is 153 cm³/mol. The van der Waals surface area contributed by atoms with Gasteiger partial charge in [0.2, 0.25) is 5.91 Å². The van der Waals surface area contributed by atoms with Crippen LogP contribution in [0.1, 0.15) is 69.3 Å². The van der Waals surface area contributed by atoms with E-state index in [-0.39, 0.29) is 19.1 Å². The third-order valence-electron chi connectivity index (χ3n) is 6.00. The molecule has 0 spiro atoms. The van der Waals surface area contributed by atoms with Gasteiger partial charge in [0, 0.05) is 17.8 Å². The summed E-state index contributed by atoms with van der Waals surface area (Å²) in [6.45, 7) is 12.3. The van der Waals surface area contributed by atoms with Crippen molar-refractivity contribution in [3.63, 3.8) is 0 Å². The lowest BCUT2D eigenvalue weighted by molar-refractivity contribution is -0.141. The molecule has 3 N–H and O–H groups in total. The van der Waals surface area contributed by atoms with Gasteiger partial charge in [-0.25, -0.2) is 4.79 Å². The first-order valence-corrected chi connectivity index (χ1v) is 13.1. The van der Waals surface area contributed by atoms with Gasteiger partial charge in [-0.2, -0.15) is 0 Å². The number of nitrogens with zero attached hydrogens (tertiary/aromatic N) is 1. The molecular weight excluding hydrogens is 494 g/mol. The number of aliphatic hydroxyl groups is 1. The average Bonchev–Trinajstić information content (AvgIpc) is 2.84. The molecule has 2 aromatic rings. The molecule has 3 amide bonds. The number of ether oxygens (including phenoxy) is 1. The zero-order chi connectivity index (χ0) is 29.3. The number of benzene rings is 2. The molecule has 0 bridgehead atoms. The van der Waals surface area contributed by atoms with Crippen molar-refractivity contribution < 1.29 is 24.2 Å².